The minimum absolute atomic E-state index is 0.243. The Morgan fingerprint density at radius 3 is 2.64 bits per heavy atom. The highest BCUT2D eigenvalue weighted by molar-refractivity contribution is 5.67. The molecule has 1 fully saturated rings. The monoisotopic (exact) mass is 313 g/mol. The Kier molecular flexibility index (Phi) is 7.13. The minimum atomic E-state index is -0.433. The number of carbonyl (C=O) groups excluding carboxylic acids is 1. The van der Waals surface area contributed by atoms with Crippen molar-refractivity contribution < 1.29 is 9.53 Å². The maximum Gasteiger partial charge on any atom is 0.410 e. The predicted molar refractivity (Wildman–Crippen MR) is 91.1 cm³/mol. The fourth-order valence-corrected chi connectivity index (χ4v) is 2.79. The van der Waals surface area contributed by atoms with Crippen LogP contribution in [0.4, 0.5) is 4.79 Å². The van der Waals surface area contributed by atoms with E-state index in [9.17, 15) is 4.79 Å². The van der Waals surface area contributed by atoms with Crippen LogP contribution in [0, 0.1) is 5.92 Å². The molecule has 0 aliphatic carbocycles. The van der Waals surface area contributed by atoms with Gasteiger partial charge in [0.15, 0.2) is 0 Å². The zero-order valence-corrected chi connectivity index (χ0v) is 15.5. The van der Waals surface area contributed by atoms with Crippen LogP contribution in [-0.2, 0) is 4.74 Å². The molecular weight excluding hydrogens is 278 g/mol. The van der Waals surface area contributed by atoms with Crippen LogP contribution >= 0.6 is 0 Å². The summed E-state index contributed by atoms with van der Waals surface area (Å²) in [5.41, 5.74) is -0.433. The number of nitrogens with one attached hydrogen (secondary N) is 1. The van der Waals surface area contributed by atoms with Crippen LogP contribution in [0.5, 0.6) is 0 Å². The summed E-state index contributed by atoms with van der Waals surface area (Å²) in [6.07, 6.45) is 2.16. The second kappa shape index (κ2) is 8.16. The van der Waals surface area contributed by atoms with Gasteiger partial charge in [0.05, 0.1) is 0 Å². The first-order valence-electron chi connectivity index (χ1n) is 8.46. The number of rotatable bonds is 5. The molecule has 1 aliphatic heterocycles. The van der Waals surface area contributed by atoms with Gasteiger partial charge in [0.1, 0.15) is 5.60 Å². The molecule has 0 radical (unpaired) electrons. The molecule has 3 unspecified atom stereocenters. The molecule has 22 heavy (non-hydrogen) atoms. The number of amides is 1. The molecular formula is C17H35N3O2. The third kappa shape index (κ3) is 6.97. The van der Waals surface area contributed by atoms with Gasteiger partial charge in [0.2, 0.25) is 0 Å². The first kappa shape index (κ1) is 19.2. The number of nitrogens with zero attached hydrogens (tertiary/aromatic N) is 2. The molecule has 5 heteroatoms. The molecule has 5 nitrogen and oxygen atoms in total. The van der Waals surface area contributed by atoms with Gasteiger partial charge in [-0.1, -0.05) is 6.92 Å². The van der Waals surface area contributed by atoms with Crippen molar-refractivity contribution in [3.05, 3.63) is 0 Å². The van der Waals surface area contributed by atoms with E-state index in [0.717, 1.165) is 13.1 Å². The Labute approximate surface area is 136 Å². The number of carbonyl (C=O) groups is 1. The second-order valence-electron chi connectivity index (χ2n) is 7.93. The predicted octanol–water partition coefficient (Wildman–Crippen LogP) is 2.56. The van der Waals surface area contributed by atoms with E-state index in [1.54, 1.807) is 4.90 Å². The highest BCUT2D eigenvalue weighted by Crippen LogP contribution is 2.15. The smallest absolute Gasteiger partial charge is 0.410 e. The second-order valence-corrected chi connectivity index (χ2v) is 7.93. The fraction of sp³-hybridized carbons (Fsp3) is 0.941. The summed E-state index contributed by atoms with van der Waals surface area (Å²) < 4.78 is 5.38. The molecule has 3 atom stereocenters. The van der Waals surface area contributed by atoms with Gasteiger partial charge in [-0.15, -0.1) is 0 Å². The van der Waals surface area contributed by atoms with E-state index in [-0.39, 0.29) is 6.09 Å². The Hall–Kier alpha value is -0.810. The highest BCUT2D eigenvalue weighted by atomic mass is 16.6. The van der Waals surface area contributed by atoms with Crippen molar-refractivity contribution in [3.63, 3.8) is 0 Å². The van der Waals surface area contributed by atoms with Crippen LogP contribution in [0.25, 0.3) is 0 Å². The average Bonchev–Trinajstić information content (AvgIpc) is 2.38. The van der Waals surface area contributed by atoms with Gasteiger partial charge in [0, 0.05) is 25.7 Å². The topological polar surface area (TPSA) is 44.8 Å². The Morgan fingerprint density at radius 1 is 1.45 bits per heavy atom. The van der Waals surface area contributed by atoms with Crippen LogP contribution in [0.15, 0.2) is 0 Å². The number of hydrogen-bond acceptors (Lipinski definition) is 4. The summed E-state index contributed by atoms with van der Waals surface area (Å²) in [6.45, 7) is 12.9. The van der Waals surface area contributed by atoms with Crippen molar-refractivity contribution in [1.82, 2.24) is 15.1 Å². The first-order chi connectivity index (χ1) is 10.1. The lowest BCUT2D eigenvalue weighted by atomic mass is 9.98. The highest BCUT2D eigenvalue weighted by Gasteiger charge is 2.24. The van der Waals surface area contributed by atoms with Gasteiger partial charge < -0.3 is 19.9 Å². The maximum absolute atomic E-state index is 12.0. The maximum atomic E-state index is 12.0. The molecule has 0 aromatic heterocycles. The normalized spacial score (nSPS) is 24.9. The molecule has 1 rings (SSSR count). The van der Waals surface area contributed by atoms with E-state index in [4.69, 9.17) is 4.74 Å². The van der Waals surface area contributed by atoms with Crippen LogP contribution in [0.1, 0.15) is 47.5 Å². The van der Waals surface area contributed by atoms with E-state index in [1.165, 1.54) is 12.8 Å². The zero-order valence-electron chi connectivity index (χ0n) is 15.5. The van der Waals surface area contributed by atoms with E-state index < -0.39 is 5.60 Å². The average molecular weight is 313 g/mol. The lowest BCUT2D eigenvalue weighted by molar-refractivity contribution is 0.0275. The van der Waals surface area contributed by atoms with Gasteiger partial charge in [-0.05, 0) is 66.6 Å². The lowest BCUT2D eigenvalue weighted by Crippen LogP contribution is -2.47. The Bertz CT molecular complexity index is 354. The van der Waals surface area contributed by atoms with Crippen LogP contribution in [-0.4, -0.2) is 67.3 Å². The SMILES string of the molecule is CC(CNC1CCN(C)C(C)C1)CN(C)C(=O)OC(C)(C)C. The van der Waals surface area contributed by atoms with Crippen molar-refractivity contribution in [1.29, 1.82) is 0 Å². The third-order valence-electron chi connectivity index (χ3n) is 4.25. The molecule has 0 saturated carbocycles. The first-order valence-corrected chi connectivity index (χ1v) is 8.46. The van der Waals surface area contributed by atoms with Crippen LogP contribution < -0.4 is 5.32 Å². The Morgan fingerprint density at radius 2 is 2.09 bits per heavy atom. The number of hydrogen-bond donors (Lipinski definition) is 1. The summed E-state index contributed by atoms with van der Waals surface area (Å²) in [5.74, 6) is 0.410. The summed E-state index contributed by atoms with van der Waals surface area (Å²) in [7, 11) is 4.00. The van der Waals surface area contributed by atoms with Crippen molar-refractivity contribution in [3.8, 4) is 0 Å². The van der Waals surface area contributed by atoms with Crippen molar-refractivity contribution in [2.45, 2.75) is 65.1 Å². The lowest BCUT2D eigenvalue weighted by Gasteiger charge is -2.36. The largest absolute Gasteiger partial charge is 0.444 e. The van der Waals surface area contributed by atoms with E-state index in [1.807, 2.05) is 27.8 Å². The molecule has 1 aliphatic rings. The fourth-order valence-electron chi connectivity index (χ4n) is 2.79. The van der Waals surface area contributed by atoms with Crippen molar-refractivity contribution >= 4 is 6.09 Å². The summed E-state index contributed by atoms with van der Waals surface area (Å²) >= 11 is 0. The Balaban J connectivity index is 2.28. The van der Waals surface area contributed by atoms with Gasteiger partial charge in [-0.2, -0.15) is 0 Å². The zero-order chi connectivity index (χ0) is 16.9. The van der Waals surface area contributed by atoms with Gasteiger partial charge in [-0.25, -0.2) is 4.79 Å². The van der Waals surface area contributed by atoms with E-state index in [2.05, 4.69) is 31.1 Å². The number of ether oxygens (including phenoxy) is 1. The number of piperidine rings is 1. The molecule has 0 aromatic rings. The molecule has 1 amide bonds. The number of likely N-dealkylation sites (tertiary alicyclic amines) is 1. The minimum Gasteiger partial charge on any atom is -0.444 e. The standard InChI is InChI=1S/C17H35N3O2/c1-13(12-20(7)16(21)22-17(3,4)5)11-18-15-8-9-19(6)14(2)10-15/h13-15,18H,8-12H2,1-7H3. The van der Waals surface area contributed by atoms with Gasteiger partial charge in [0.25, 0.3) is 0 Å². The van der Waals surface area contributed by atoms with Gasteiger partial charge >= 0.3 is 6.09 Å². The molecule has 0 bridgehead atoms. The van der Waals surface area contributed by atoms with E-state index >= 15 is 0 Å². The summed E-state index contributed by atoms with van der Waals surface area (Å²) in [5, 5.41) is 3.66. The molecule has 1 heterocycles. The molecule has 130 valence electrons. The van der Waals surface area contributed by atoms with Crippen LogP contribution in [0.2, 0.25) is 0 Å². The summed E-state index contributed by atoms with van der Waals surface area (Å²) in [4.78, 5) is 16.0. The molecule has 1 saturated heterocycles. The molecule has 0 aromatic carbocycles. The third-order valence-corrected chi connectivity index (χ3v) is 4.25. The van der Waals surface area contributed by atoms with Gasteiger partial charge in [-0.3, -0.25) is 0 Å². The molecule has 0 spiro atoms. The van der Waals surface area contributed by atoms with Crippen LogP contribution in [0.3, 0.4) is 0 Å². The van der Waals surface area contributed by atoms with Crippen molar-refractivity contribution in [2.24, 2.45) is 5.92 Å². The van der Waals surface area contributed by atoms with Crippen molar-refractivity contribution in [2.75, 3.05) is 33.7 Å². The van der Waals surface area contributed by atoms with E-state index in [0.29, 0.717) is 24.5 Å². The molecule has 1 N–H and O–H groups in total. The summed E-state index contributed by atoms with van der Waals surface area (Å²) in [6, 6.07) is 1.24. The quantitative estimate of drug-likeness (QED) is 0.847.